The average molecular weight is 457 g/mol. The van der Waals surface area contributed by atoms with Crippen LogP contribution in [0.15, 0.2) is 30.7 Å². The Kier molecular flexibility index (Phi) is 6.53. The molecule has 0 saturated carbocycles. The highest BCUT2D eigenvalue weighted by molar-refractivity contribution is 6.05. The molecule has 1 aliphatic heterocycles. The lowest BCUT2D eigenvalue weighted by atomic mass is 10.0. The summed E-state index contributed by atoms with van der Waals surface area (Å²) >= 11 is 0. The van der Waals surface area contributed by atoms with Gasteiger partial charge in [0, 0.05) is 53.0 Å². The second kappa shape index (κ2) is 9.16. The molecule has 0 spiro atoms. The highest BCUT2D eigenvalue weighted by Gasteiger charge is 2.36. The maximum absolute atomic E-state index is 12.7. The third-order valence-electron chi connectivity index (χ3n) is 5.03. The summed E-state index contributed by atoms with van der Waals surface area (Å²) in [4.78, 5) is 54.3. The fraction of sp³-hybridized carbons (Fsp3) is 0.350. The maximum Gasteiger partial charge on any atom is 0.287 e. The van der Waals surface area contributed by atoms with E-state index in [0.717, 1.165) is 0 Å². The van der Waals surface area contributed by atoms with Crippen LogP contribution in [0.2, 0.25) is 0 Å². The fourth-order valence-electron chi connectivity index (χ4n) is 3.33. The normalized spacial score (nSPS) is 17.2. The van der Waals surface area contributed by atoms with Crippen molar-refractivity contribution in [2.24, 2.45) is 25.6 Å². The van der Waals surface area contributed by atoms with Crippen LogP contribution in [0.5, 0.6) is 0 Å². The van der Waals surface area contributed by atoms with Gasteiger partial charge in [0.2, 0.25) is 17.6 Å². The lowest BCUT2D eigenvalue weighted by molar-refractivity contribution is -0.119. The number of amides is 4. The summed E-state index contributed by atoms with van der Waals surface area (Å²) in [6, 6.07) is 1.51. The van der Waals surface area contributed by atoms with Crippen LogP contribution in [0.4, 0.5) is 11.5 Å². The number of hydrogen-bond donors (Lipinski definition) is 5. The summed E-state index contributed by atoms with van der Waals surface area (Å²) < 4.78 is 2.99. The van der Waals surface area contributed by atoms with Crippen LogP contribution in [-0.2, 0) is 23.7 Å². The Balaban J connectivity index is 1.65. The number of likely N-dealkylation sites (N-methyl/N-ethyl adjacent to an activating group) is 1. The molecule has 3 heterocycles. The molecule has 2 aromatic heterocycles. The van der Waals surface area contributed by atoms with Gasteiger partial charge in [-0.15, -0.1) is 0 Å². The van der Waals surface area contributed by atoms with Crippen LogP contribution in [0.1, 0.15) is 27.5 Å². The van der Waals surface area contributed by atoms with Crippen molar-refractivity contribution in [2.75, 3.05) is 30.8 Å². The molecule has 1 aliphatic rings. The monoisotopic (exact) mass is 457 g/mol. The number of hydrogen-bond acceptors (Lipinski definition) is 7. The summed E-state index contributed by atoms with van der Waals surface area (Å²) in [5.74, 6) is -1.70. The number of carbonyl (C=O) groups excluding carboxylic acids is 4. The van der Waals surface area contributed by atoms with Crippen molar-refractivity contribution in [3.63, 3.8) is 0 Å². The molecule has 7 N–H and O–H groups in total. The smallest absolute Gasteiger partial charge is 0.287 e. The number of nitrogens with one attached hydrogen (secondary N) is 3. The maximum atomic E-state index is 12.7. The minimum absolute atomic E-state index is 0.00435. The number of carbonyl (C=O) groups is 4. The molecule has 0 aliphatic carbocycles. The summed E-state index contributed by atoms with van der Waals surface area (Å²) in [5.41, 5.74) is 10.7. The fourth-order valence-corrected chi connectivity index (χ4v) is 3.33. The van der Waals surface area contributed by atoms with Gasteiger partial charge in [0.1, 0.15) is 11.2 Å². The standard InChI is InChI=1S/C20H27N9O4/c1-27-7-5-20(22,11-27)19(33)24-12-8-13(28(2)9-12)17(31)26-15-10-29(3)16(25-15)18(32)23-6-4-14(21)30/h5,7-10H,4,6,11,22H2,1-3H3,(H2,21,30)(H,23,32)(H,24,33)(H,26,31). The molecule has 13 heteroatoms. The van der Waals surface area contributed by atoms with Crippen molar-refractivity contribution < 1.29 is 19.2 Å². The molecule has 1 unspecified atom stereocenters. The van der Waals surface area contributed by atoms with Crippen molar-refractivity contribution in [1.29, 1.82) is 0 Å². The first-order valence-corrected chi connectivity index (χ1v) is 10.1. The number of anilines is 2. The van der Waals surface area contributed by atoms with E-state index in [1.165, 1.54) is 16.8 Å². The van der Waals surface area contributed by atoms with E-state index in [9.17, 15) is 19.2 Å². The van der Waals surface area contributed by atoms with Crippen molar-refractivity contribution >= 4 is 35.1 Å². The van der Waals surface area contributed by atoms with Crippen LogP contribution in [0.25, 0.3) is 0 Å². The Morgan fingerprint density at radius 2 is 1.82 bits per heavy atom. The van der Waals surface area contributed by atoms with Crippen LogP contribution >= 0.6 is 0 Å². The van der Waals surface area contributed by atoms with E-state index in [1.807, 2.05) is 11.9 Å². The van der Waals surface area contributed by atoms with Crippen molar-refractivity contribution in [3.8, 4) is 0 Å². The Labute approximate surface area is 189 Å². The number of aryl methyl sites for hydroxylation is 2. The molecule has 1 atom stereocenters. The van der Waals surface area contributed by atoms with Crippen LogP contribution in [0, 0.1) is 0 Å². The van der Waals surface area contributed by atoms with E-state index in [0.29, 0.717) is 12.2 Å². The highest BCUT2D eigenvalue weighted by Crippen LogP contribution is 2.19. The topological polar surface area (TPSA) is 182 Å². The molecule has 3 rings (SSSR count). The summed E-state index contributed by atoms with van der Waals surface area (Å²) in [7, 11) is 5.07. The lowest BCUT2D eigenvalue weighted by Gasteiger charge is -2.22. The summed E-state index contributed by atoms with van der Waals surface area (Å²) in [6.45, 7) is 0.424. The predicted octanol–water partition coefficient (Wildman–Crippen LogP) is -1.29. The van der Waals surface area contributed by atoms with Gasteiger partial charge >= 0.3 is 0 Å². The second-order valence-electron chi connectivity index (χ2n) is 7.94. The van der Waals surface area contributed by atoms with E-state index in [1.54, 1.807) is 37.1 Å². The van der Waals surface area contributed by atoms with E-state index >= 15 is 0 Å². The highest BCUT2D eigenvalue weighted by atomic mass is 16.2. The minimum Gasteiger partial charge on any atom is -0.378 e. The van der Waals surface area contributed by atoms with E-state index < -0.39 is 29.2 Å². The van der Waals surface area contributed by atoms with Crippen LogP contribution in [-0.4, -0.2) is 68.3 Å². The van der Waals surface area contributed by atoms with Gasteiger partial charge in [-0.3, -0.25) is 19.2 Å². The zero-order valence-corrected chi connectivity index (χ0v) is 18.6. The molecular weight excluding hydrogens is 430 g/mol. The largest absolute Gasteiger partial charge is 0.378 e. The van der Waals surface area contributed by atoms with Crippen molar-refractivity contribution in [1.82, 2.24) is 24.3 Å². The Hall–Kier alpha value is -4.13. The molecule has 13 nitrogen and oxygen atoms in total. The molecule has 0 fully saturated rings. The molecule has 0 radical (unpaired) electrons. The molecular formula is C20H27N9O4. The second-order valence-corrected chi connectivity index (χ2v) is 7.94. The zero-order chi connectivity index (χ0) is 24.3. The number of nitrogens with zero attached hydrogens (tertiary/aromatic N) is 4. The first-order chi connectivity index (χ1) is 15.5. The molecule has 0 saturated heterocycles. The van der Waals surface area contributed by atoms with E-state index in [-0.39, 0.29) is 30.3 Å². The van der Waals surface area contributed by atoms with Gasteiger partial charge in [-0.25, -0.2) is 4.98 Å². The third kappa shape index (κ3) is 5.38. The zero-order valence-electron chi connectivity index (χ0n) is 18.6. The van der Waals surface area contributed by atoms with Crippen LogP contribution in [0.3, 0.4) is 0 Å². The SMILES string of the molecule is CN1C=CC(N)(C(=O)Nc2cc(C(=O)Nc3cn(C)c(C(=O)NCCC(N)=O)n3)n(C)c2)C1. The molecule has 0 aromatic carbocycles. The van der Waals surface area contributed by atoms with Gasteiger partial charge < -0.3 is 41.5 Å². The van der Waals surface area contributed by atoms with Gasteiger partial charge in [0.25, 0.3) is 11.8 Å². The van der Waals surface area contributed by atoms with Crippen molar-refractivity contribution in [3.05, 3.63) is 42.3 Å². The Morgan fingerprint density at radius 3 is 2.45 bits per heavy atom. The van der Waals surface area contributed by atoms with Gasteiger partial charge in [-0.05, 0) is 18.3 Å². The van der Waals surface area contributed by atoms with Gasteiger partial charge in [0.05, 0.1) is 5.69 Å². The third-order valence-corrected chi connectivity index (χ3v) is 5.03. The van der Waals surface area contributed by atoms with Crippen LogP contribution < -0.4 is 27.4 Å². The molecule has 176 valence electrons. The molecule has 33 heavy (non-hydrogen) atoms. The Morgan fingerprint density at radius 1 is 1.09 bits per heavy atom. The van der Waals surface area contributed by atoms with Crippen molar-refractivity contribution in [2.45, 2.75) is 12.0 Å². The molecule has 2 aromatic rings. The minimum atomic E-state index is -1.16. The Bertz CT molecular complexity index is 1130. The summed E-state index contributed by atoms with van der Waals surface area (Å²) in [6.07, 6.45) is 6.44. The first kappa shape index (κ1) is 23.5. The first-order valence-electron chi connectivity index (χ1n) is 10.1. The molecule has 4 amide bonds. The predicted molar refractivity (Wildman–Crippen MR) is 120 cm³/mol. The van der Waals surface area contributed by atoms with E-state index in [2.05, 4.69) is 20.9 Å². The number of imidazole rings is 1. The quantitative estimate of drug-likeness (QED) is 0.327. The van der Waals surface area contributed by atoms with Gasteiger partial charge in [-0.2, -0.15) is 0 Å². The number of aromatic nitrogens is 3. The lowest BCUT2D eigenvalue weighted by Crippen LogP contribution is -2.52. The van der Waals surface area contributed by atoms with Gasteiger partial charge in [0.15, 0.2) is 5.82 Å². The average Bonchev–Trinajstić information content (AvgIpc) is 3.38. The van der Waals surface area contributed by atoms with Gasteiger partial charge in [-0.1, -0.05) is 0 Å². The van der Waals surface area contributed by atoms with E-state index in [4.69, 9.17) is 11.5 Å². The number of primary amides is 1. The molecule has 0 bridgehead atoms. The number of rotatable bonds is 8. The summed E-state index contributed by atoms with van der Waals surface area (Å²) in [5, 5.41) is 7.89. The number of nitrogens with two attached hydrogens (primary N) is 2.